The number of hydrogen-bond acceptors (Lipinski definition) is 5. The SMILES string of the molecule is CCOc1ccc(S(=O)(=O)N2CCC[C@H](C(=O)N3CCN(c4ccc(F)cc4)CC3)C2)cc1. The molecule has 1 atom stereocenters. The Labute approximate surface area is 194 Å². The van der Waals surface area contributed by atoms with Gasteiger partial charge in [0.2, 0.25) is 15.9 Å². The number of ether oxygens (including phenoxy) is 1. The second-order valence-corrected chi connectivity index (χ2v) is 10.3. The molecule has 2 saturated heterocycles. The highest BCUT2D eigenvalue weighted by atomic mass is 32.2. The van der Waals surface area contributed by atoms with E-state index in [-0.39, 0.29) is 29.1 Å². The molecule has 0 aromatic heterocycles. The lowest BCUT2D eigenvalue weighted by atomic mass is 9.97. The molecule has 33 heavy (non-hydrogen) atoms. The topological polar surface area (TPSA) is 70.2 Å². The third-order valence-electron chi connectivity index (χ3n) is 6.29. The number of amides is 1. The number of carbonyl (C=O) groups is 1. The highest BCUT2D eigenvalue weighted by Gasteiger charge is 2.35. The summed E-state index contributed by atoms with van der Waals surface area (Å²) < 4.78 is 46.3. The van der Waals surface area contributed by atoms with Crippen molar-refractivity contribution in [1.82, 2.24) is 9.21 Å². The van der Waals surface area contributed by atoms with Gasteiger partial charge in [0, 0.05) is 45.0 Å². The molecule has 0 unspecified atom stereocenters. The Morgan fingerprint density at radius 1 is 1.00 bits per heavy atom. The number of sulfonamides is 1. The molecular weight excluding hydrogens is 445 g/mol. The molecule has 7 nitrogen and oxygen atoms in total. The van der Waals surface area contributed by atoms with E-state index in [1.807, 2.05) is 11.8 Å². The van der Waals surface area contributed by atoms with Gasteiger partial charge in [0.05, 0.1) is 17.4 Å². The van der Waals surface area contributed by atoms with E-state index in [4.69, 9.17) is 4.74 Å². The van der Waals surface area contributed by atoms with Crippen molar-refractivity contribution in [3.05, 3.63) is 54.3 Å². The zero-order valence-corrected chi connectivity index (χ0v) is 19.6. The Morgan fingerprint density at radius 2 is 1.67 bits per heavy atom. The van der Waals surface area contributed by atoms with E-state index < -0.39 is 10.0 Å². The molecule has 0 radical (unpaired) electrons. The summed E-state index contributed by atoms with van der Waals surface area (Å²) >= 11 is 0. The number of benzene rings is 2. The minimum atomic E-state index is -3.67. The van der Waals surface area contributed by atoms with Gasteiger partial charge < -0.3 is 14.5 Å². The van der Waals surface area contributed by atoms with Gasteiger partial charge in [0.15, 0.2) is 0 Å². The fraction of sp³-hybridized carbons (Fsp3) is 0.458. The van der Waals surface area contributed by atoms with Crippen LogP contribution < -0.4 is 9.64 Å². The lowest BCUT2D eigenvalue weighted by Crippen LogP contribution is -2.53. The van der Waals surface area contributed by atoms with Gasteiger partial charge in [-0.1, -0.05) is 0 Å². The largest absolute Gasteiger partial charge is 0.494 e. The molecule has 0 bridgehead atoms. The Kier molecular flexibility index (Phi) is 7.19. The van der Waals surface area contributed by atoms with Crippen molar-refractivity contribution in [1.29, 1.82) is 0 Å². The van der Waals surface area contributed by atoms with Crippen LogP contribution in [0.25, 0.3) is 0 Å². The molecule has 4 rings (SSSR count). The van der Waals surface area contributed by atoms with Crippen molar-refractivity contribution >= 4 is 21.6 Å². The third-order valence-corrected chi connectivity index (χ3v) is 8.17. The molecule has 1 amide bonds. The number of anilines is 1. The average Bonchev–Trinajstić information content (AvgIpc) is 2.85. The molecule has 0 saturated carbocycles. The number of piperidine rings is 1. The van der Waals surface area contributed by atoms with Crippen LogP contribution in [0, 0.1) is 11.7 Å². The first kappa shape index (κ1) is 23.5. The summed E-state index contributed by atoms with van der Waals surface area (Å²) in [5.74, 6) is 0.0338. The van der Waals surface area contributed by atoms with Crippen molar-refractivity contribution in [2.24, 2.45) is 5.92 Å². The third kappa shape index (κ3) is 5.30. The first-order chi connectivity index (χ1) is 15.9. The van der Waals surface area contributed by atoms with Crippen LogP contribution >= 0.6 is 0 Å². The number of piperazine rings is 1. The predicted molar refractivity (Wildman–Crippen MR) is 124 cm³/mol. The molecular formula is C24H30FN3O4S. The Balaban J connectivity index is 1.37. The minimum absolute atomic E-state index is 0.0142. The Bertz CT molecular complexity index is 1050. The van der Waals surface area contributed by atoms with Crippen LogP contribution in [0.5, 0.6) is 5.75 Å². The molecule has 0 aliphatic carbocycles. The van der Waals surface area contributed by atoms with Crippen LogP contribution in [-0.2, 0) is 14.8 Å². The van der Waals surface area contributed by atoms with E-state index in [2.05, 4.69) is 4.90 Å². The minimum Gasteiger partial charge on any atom is -0.494 e. The second-order valence-electron chi connectivity index (χ2n) is 8.40. The Hall–Kier alpha value is -2.65. The zero-order chi connectivity index (χ0) is 23.4. The summed E-state index contributed by atoms with van der Waals surface area (Å²) in [5.41, 5.74) is 0.939. The number of hydrogen-bond donors (Lipinski definition) is 0. The second kappa shape index (κ2) is 10.1. The highest BCUT2D eigenvalue weighted by Crippen LogP contribution is 2.27. The molecule has 9 heteroatoms. The van der Waals surface area contributed by atoms with E-state index in [1.54, 1.807) is 36.4 Å². The van der Waals surface area contributed by atoms with Crippen molar-refractivity contribution in [2.75, 3.05) is 50.8 Å². The first-order valence-corrected chi connectivity index (χ1v) is 12.8. The van der Waals surface area contributed by atoms with E-state index in [1.165, 1.54) is 16.4 Å². The molecule has 2 fully saturated rings. The standard InChI is InChI=1S/C24H30FN3O4S/c1-2-32-22-9-11-23(12-10-22)33(30,31)28-13-3-4-19(18-28)24(29)27-16-14-26(15-17-27)21-7-5-20(25)6-8-21/h5-12,19H,2-4,13-18H2,1H3/t19-/m0/s1. The maximum atomic E-state index is 13.2. The molecule has 2 aromatic carbocycles. The van der Waals surface area contributed by atoms with Gasteiger partial charge in [-0.15, -0.1) is 0 Å². The Morgan fingerprint density at radius 3 is 2.30 bits per heavy atom. The maximum Gasteiger partial charge on any atom is 0.243 e. The number of rotatable bonds is 6. The van der Waals surface area contributed by atoms with Gasteiger partial charge in [0.25, 0.3) is 0 Å². The van der Waals surface area contributed by atoms with Crippen molar-refractivity contribution in [3.8, 4) is 5.75 Å². The van der Waals surface area contributed by atoms with Gasteiger partial charge in [-0.25, -0.2) is 12.8 Å². The van der Waals surface area contributed by atoms with Crippen LogP contribution in [-0.4, -0.2) is 69.4 Å². The molecule has 2 heterocycles. The smallest absolute Gasteiger partial charge is 0.243 e. The fourth-order valence-electron chi connectivity index (χ4n) is 4.48. The zero-order valence-electron chi connectivity index (χ0n) is 18.8. The first-order valence-electron chi connectivity index (χ1n) is 11.4. The van der Waals surface area contributed by atoms with Crippen LogP contribution in [0.3, 0.4) is 0 Å². The molecule has 178 valence electrons. The number of halogens is 1. The lowest BCUT2D eigenvalue weighted by molar-refractivity contribution is -0.137. The van der Waals surface area contributed by atoms with Gasteiger partial charge in [-0.05, 0) is 68.3 Å². The van der Waals surface area contributed by atoms with Crippen molar-refractivity contribution in [2.45, 2.75) is 24.7 Å². The monoisotopic (exact) mass is 475 g/mol. The van der Waals surface area contributed by atoms with Crippen LogP contribution in [0.4, 0.5) is 10.1 Å². The summed E-state index contributed by atoms with van der Waals surface area (Å²) in [7, 11) is -3.67. The van der Waals surface area contributed by atoms with Gasteiger partial charge in [-0.3, -0.25) is 4.79 Å². The fourth-order valence-corrected chi connectivity index (χ4v) is 6.00. The van der Waals surface area contributed by atoms with Crippen LogP contribution in [0.1, 0.15) is 19.8 Å². The van der Waals surface area contributed by atoms with E-state index in [9.17, 15) is 17.6 Å². The van der Waals surface area contributed by atoms with Gasteiger partial charge >= 0.3 is 0 Å². The maximum absolute atomic E-state index is 13.2. The predicted octanol–water partition coefficient (Wildman–Crippen LogP) is 2.97. The van der Waals surface area contributed by atoms with Crippen molar-refractivity contribution in [3.63, 3.8) is 0 Å². The van der Waals surface area contributed by atoms with E-state index in [0.29, 0.717) is 57.9 Å². The summed E-state index contributed by atoms with van der Waals surface area (Å²) in [5, 5.41) is 0. The van der Waals surface area contributed by atoms with Gasteiger partial charge in [-0.2, -0.15) is 4.31 Å². The quantitative estimate of drug-likeness (QED) is 0.643. The van der Waals surface area contributed by atoms with E-state index >= 15 is 0 Å². The van der Waals surface area contributed by atoms with Crippen LogP contribution in [0.2, 0.25) is 0 Å². The van der Waals surface area contributed by atoms with Gasteiger partial charge in [0.1, 0.15) is 11.6 Å². The van der Waals surface area contributed by atoms with E-state index in [0.717, 1.165) is 5.69 Å². The molecule has 2 aliphatic rings. The van der Waals surface area contributed by atoms with Crippen LogP contribution in [0.15, 0.2) is 53.4 Å². The summed E-state index contributed by atoms with van der Waals surface area (Å²) in [6, 6.07) is 12.8. The summed E-state index contributed by atoms with van der Waals surface area (Å²) in [6.07, 6.45) is 1.34. The average molecular weight is 476 g/mol. The molecule has 2 aliphatic heterocycles. The summed E-state index contributed by atoms with van der Waals surface area (Å²) in [6.45, 7) is 5.47. The summed E-state index contributed by atoms with van der Waals surface area (Å²) in [4.78, 5) is 17.4. The highest BCUT2D eigenvalue weighted by molar-refractivity contribution is 7.89. The number of nitrogens with zero attached hydrogens (tertiary/aromatic N) is 3. The number of carbonyl (C=O) groups excluding carboxylic acids is 1. The molecule has 0 N–H and O–H groups in total. The van der Waals surface area contributed by atoms with Crippen molar-refractivity contribution < 1.29 is 22.3 Å². The normalized spacial score (nSPS) is 20.0. The lowest BCUT2D eigenvalue weighted by Gasteiger charge is -2.39. The molecule has 0 spiro atoms. The molecule has 2 aromatic rings.